The predicted molar refractivity (Wildman–Crippen MR) is 139 cm³/mol. The van der Waals surface area contributed by atoms with Crippen LogP contribution >= 0.6 is 12.2 Å². The monoisotopic (exact) mass is 549 g/mol. The van der Waals surface area contributed by atoms with Gasteiger partial charge in [-0.3, -0.25) is 18.5 Å². The number of likely N-dealkylation sites (tertiary alicyclic amines) is 1. The van der Waals surface area contributed by atoms with E-state index in [4.69, 9.17) is 8.92 Å². The van der Waals surface area contributed by atoms with Crippen LogP contribution in [-0.2, 0) is 23.3 Å². The Hall–Kier alpha value is -0.810. The second-order valence-corrected chi connectivity index (χ2v) is 11.2. The zero-order valence-electron chi connectivity index (χ0n) is 23.3. The summed E-state index contributed by atoms with van der Waals surface area (Å²) in [6.45, 7) is 9.06. The summed E-state index contributed by atoms with van der Waals surface area (Å²) in [5.41, 5.74) is 0. The Labute approximate surface area is 248 Å². The molecule has 4 aliphatic rings. The molecule has 0 aromatic heterocycles. The molecule has 11 heteroatoms. The van der Waals surface area contributed by atoms with Crippen LogP contribution in [0, 0.1) is 17.8 Å². The normalized spacial score (nSPS) is 24.0. The Kier molecular flexibility index (Phi) is 17.1. The maximum absolute atomic E-state index is 11.8. The van der Waals surface area contributed by atoms with Gasteiger partial charge in [0.1, 0.15) is 24.9 Å². The van der Waals surface area contributed by atoms with Crippen molar-refractivity contribution in [3.8, 4) is 0 Å². The van der Waals surface area contributed by atoms with Crippen molar-refractivity contribution < 1.29 is 57.7 Å². The molecule has 2 N–H and O–H groups in total. The van der Waals surface area contributed by atoms with Crippen molar-refractivity contribution in [2.45, 2.75) is 110 Å². The molecule has 1 aliphatic heterocycles. The number of hydrogen-bond acceptors (Lipinski definition) is 7. The van der Waals surface area contributed by atoms with E-state index in [0.717, 1.165) is 75.9 Å². The van der Waals surface area contributed by atoms with Crippen molar-refractivity contribution in [2.24, 2.45) is 17.8 Å². The van der Waals surface area contributed by atoms with Crippen LogP contribution in [0.1, 0.15) is 91.9 Å². The van der Waals surface area contributed by atoms with Gasteiger partial charge in [0.25, 0.3) is 0 Å². The largest absolute Gasteiger partial charge is 1.00 e. The maximum Gasteiger partial charge on any atom is 1.00 e. The number of hydrogen-bond donors (Lipinski definition) is 2. The SMILES string of the molecule is CC(C)C.CCC1CC1C(=O)NSOC1CC1.O=[C-]C1CCCN1C(=O)CNC(=O)OC1CCCC1.[Na+]. The molecule has 4 rings (SSSR count). The molecule has 3 amide bonds. The Balaban J connectivity index is 0.000000330. The number of amides is 3. The smallest absolute Gasteiger partial charge is 0.540 e. The molecule has 3 unspecified atom stereocenters. The van der Waals surface area contributed by atoms with Crippen LogP contribution in [0.5, 0.6) is 0 Å². The van der Waals surface area contributed by atoms with Crippen molar-refractivity contribution in [1.29, 1.82) is 0 Å². The Morgan fingerprint density at radius 3 is 2.22 bits per heavy atom. The summed E-state index contributed by atoms with van der Waals surface area (Å²) in [4.78, 5) is 46.8. The third-order valence-electron chi connectivity index (χ3n) is 6.30. The van der Waals surface area contributed by atoms with Crippen LogP contribution in [0.4, 0.5) is 4.79 Å². The number of nitrogens with zero attached hydrogens (tertiary/aromatic N) is 1. The van der Waals surface area contributed by atoms with E-state index in [1.807, 2.05) is 6.29 Å². The Morgan fingerprint density at radius 1 is 1.03 bits per heavy atom. The van der Waals surface area contributed by atoms with Crippen LogP contribution in [0.25, 0.3) is 0 Å². The molecule has 3 aliphatic carbocycles. The molecular formula is C26H44N3NaO6S. The van der Waals surface area contributed by atoms with Crippen LogP contribution in [-0.4, -0.2) is 60.4 Å². The third-order valence-corrected chi connectivity index (χ3v) is 6.96. The van der Waals surface area contributed by atoms with Crippen molar-refractivity contribution >= 4 is 36.4 Å². The van der Waals surface area contributed by atoms with Crippen molar-refractivity contribution in [3.05, 3.63) is 0 Å². The average molecular weight is 550 g/mol. The molecule has 1 heterocycles. The van der Waals surface area contributed by atoms with E-state index in [1.54, 1.807) is 0 Å². The Morgan fingerprint density at radius 2 is 1.68 bits per heavy atom. The number of nitrogens with one attached hydrogen (secondary N) is 2. The zero-order chi connectivity index (χ0) is 26.5. The standard InChI is InChI=1S/C13H19N2O4.C9H15NO2S.C4H10.Na/c16-9-10-4-3-7-15(10)12(17)8-14-13(18)19-11-5-1-2-6-11;1-2-6-5-8(6)9(11)10-13-12-7-3-4-7;1-4(2)3;/h10-11H,1-8H2,(H,14,18);6-8H,2-5H2,1H3,(H,10,11);4H,1-3H3;/q-1;;;+1. The van der Waals surface area contributed by atoms with Gasteiger partial charge in [0.05, 0.1) is 6.10 Å². The molecule has 1 saturated heterocycles. The van der Waals surface area contributed by atoms with Gasteiger partial charge < -0.3 is 19.7 Å². The van der Waals surface area contributed by atoms with Gasteiger partial charge in [-0.1, -0.05) is 46.6 Å². The summed E-state index contributed by atoms with van der Waals surface area (Å²) in [6.07, 6.45) is 11.6. The fourth-order valence-electron chi connectivity index (χ4n) is 4.03. The van der Waals surface area contributed by atoms with Gasteiger partial charge >= 0.3 is 35.7 Å². The molecule has 0 aromatic carbocycles. The zero-order valence-corrected chi connectivity index (χ0v) is 26.1. The van der Waals surface area contributed by atoms with Gasteiger partial charge in [0.2, 0.25) is 11.8 Å². The summed E-state index contributed by atoms with van der Waals surface area (Å²) in [5.74, 6) is 1.62. The summed E-state index contributed by atoms with van der Waals surface area (Å²) in [5, 5.41) is 2.45. The van der Waals surface area contributed by atoms with E-state index in [9.17, 15) is 19.2 Å². The first-order valence-electron chi connectivity index (χ1n) is 13.5. The van der Waals surface area contributed by atoms with E-state index >= 15 is 0 Å². The quantitative estimate of drug-likeness (QED) is 0.193. The van der Waals surface area contributed by atoms with Crippen molar-refractivity contribution in [2.75, 3.05) is 13.1 Å². The molecule has 3 saturated carbocycles. The van der Waals surface area contributed by atoms with Gasteiger partial charge in [-0.15, -0.1) is 0 Å². The number of carbonyl (C=O) groups is 3. The number of ether oxygens (including phenoxy) is 1. The minimum absolute atomic E-state index is 0. The molecule has 0 radical (unpaired) electrons. The first-order chi connectivity index (χ1) is 17.2. The topological polar surface area (TPSA) is 114 Å². The third kappa shape index (κ3) is 14.2. The number of carbonyl (C=O) groups excluding carboxylic acids is 4. The van der Waals surface area contributed by atoms with E-state index in [2.05, 4.69) is 37.7 Å². The molecular weight excluding hydrogens is 505 g/mol. The minimum Gasteiger partial charge on any atom is -0.540 e. The molecule has 206 valence electrons. The summed E-state index contributed by atoms with van der Waals surface area (Å²) < 4.78 is 13.2. The fraction of sp³-hybridized carbons (Fsp3) is 0.846. The molecule has 4 fully saturated rings. The summed E-state index contributed by atoms with van der Waals surface area (Å²) >= 11 is 1.11. The van der Waals surface area contributed by atoms with E-state index in [0.29, 0.717) is 25.0 Å². The Bertz CT molecular complexity index is 716. The summed E-state index contributed by atoms with van der Waals surface area (Å²) in [7, 11) is 0. The van der Waals surface area contributed by atoms with Crippen molar-refractivity contribution in [1.82, 2.24) is 14.9 Å². The summed E-state index contributed by atoms with van der Waals surface area (Å²) in [6, 6.07) is -0.458. The van der Waals surface area contributed by atoms with E-state index in [-0.39, 0.29) is 59.9 Å². The molecule has 3 atom stereocenters. The molecule has 0 bridgehead atoms. The first kappa shape index (κ1) is 34.2. The molecule has 9 nitrogen and oxygen atoms in total. The van der Waals surface area contributed by atoms with Crippen LogP contribution < -0.4 is 39.6 Å². The fourth-order valence-corrected chi connectivity index (χ4v) is 4.64. The second-order valence-electron chi connectivity index (χ2n) is 10.6. The second kappa shape index (κ2) is 18.5. The van der Waals surface area contributed by atoms with Gasteiger partial charge in [-0.05, 0) is 63.2 Å². The molecule has 0 spiro atoms. The van der Waals surface area contributed by atoms with Gasteiger partial charge in [-0.25, -0.2) is 11.1 Å². The van der Waals surface area contributed by atoms with E-state index in [1.165, 1.54) is 4.90 Å². The van der Waals surface area contributed by atoms with Crippen LogP contribution in [0.2, 0.25) is 0 Å². The number of alkyl carbamates (subject to hydrolysis) is 1. The molecule has 0 aromatic rings. The van der Waals surface area contributed by atoms with Crippen molar-refractivity contribution in [3.63, 3.8) is 0 Å². The van der Waals surface area contributed by atoms with Gasteiger partial charge in [-0.2, -0.15) is 0 Å². The van der Waals surface area contributed by atoms with Crippen LogP contribution in [0.3, 0.4) is 0 Å². The first-order valence-corrected chi connectivity index (χ1v) is 14.2. The maximum atomic E-state index is 11.8. The van der Waals surface area contributed by atoms with Crippen LogP contribution in [0.15, 0.2) is 0 Å². The average Bonchev–Trinajstić information content (AvgIpc) is 3.72. The number of rotatable bonds is 9. The minimum atomic E-state index is -0.550. The molecule has 37 heavy (non-hydrogen) atoms. The van der Waals surface area contributed by atoms with Gasteiger partial charge in [0, 0.05) is 12.5 Å². The van der Waals surface area contributed by atoms with Gasteiger partial charge in [0.15, 0.2) is 0 Å². The predicted octanol–water partition coefficient (Wildman–Crippen LogP) is 1.31. The van der Waals surface area contributed by atoms with E-state index < -0.39 is 12.1 Å².